The van der Waals surface area contributed by atoms with Crippen LogP contribution in [0.4, 0.5) is 0 Å². The van der Waals surface area contributed by atoms with Crippen LogP contribution in [0.15, 0.2) is 37.5 Å². The third kappa shape index (κ3) is 23.3. The maximum absolute atomic E-state index is 10.8. The number of unbranched alkanes of at least 4 members (excludes halogenated alkanes) is 12. The van der Waals surface area contributed by atoms with E-state index in [9.17, 15) is 9.59 Å². The Morgan fingerprint density at radius 3 is 1.74 bits per heavy atom. The Labute approximate surface area is 210 Å². The van der Waals surface area contributed by atoms with Crippen molar-refractivity contribution < 1.29 is 19.1 Å². The van der Waals surface area contributed by atoms with Gasteiger partial charge in [0.15, 0.2) is 0 Å². The second-order valence-corrected chi connectivity index (χ2v) is 9.21. The Balaban J connectivity index is 0.000000818. The van der Waals surface area contributed by atoms with E-state index >= 15 is 0 Å². The zero-order valence-electron chi connectivity index (χ0n) is 22.1. The van der Waals surface area contributed by atoms with Crippen LogP contribution in [0.3, 0.4) is 0 Å². The number of carbonyl (C=O) groups excluding carboxylic acids is 2. The van der Waals surface area contributed by atoms with Crippen LogP contribution < -0.4 is 0 Å². The minimum absolute atomic E-state index is 0.161. The molecule has 0 aromatic heterocycles. The maximum atomic E-state index is 10.8. The fourth-order valence-corrected chi connectivity index (χ4v) is 3.98. The average Bonchev–Trinajstić information content (AvgIpc) is 2.86. The molecule has 0 aromatic carbocycles. The Morgan fingerprint density at radius 1 is 0.706 bits per heavy atom. The van der Waals surface area contributed by atoms with Crippen LogP contribution in [0.1, 0.15) is 129 Å². The summed E-state index contributed by atoms with van der Waals surface area (Å²) in [6.45, 7) is 9.53. The fourth-order valence-electron chi connectivity index (χ4n) is 3.98. The van der Waals surface area contributed by atoms with E-state index < -0.39 is 0 Å². The van der Waals surface area contributed by atoms with Gasteiger partial charge in [-0.2, -0.15) is 0 Å². The highest BCUT2D eigenvalue weighted by atomic mass is 16.5. The first-order valence-electron chi connectivity index (χ1n) is 13.9. The molecule has 1 aliphatic rings. The van der Waals surface area contributed by atoms with Crippen LogP contribution in [-0.2, 0) is 19.1 Å². The predicted octanol–water partition coefficient (Wildman–Crippen LogP) is 8.80. The zero-order valence-corrected chi connectivity index (χ0v) is 22.1. The molecule has 0 amide bonds. The number of carbonyl (C=O) groups is 2. The zero-order chi connectivity index (χ0) is 25.1. The second-order valence-electron chi connectivity index (χ2n) is 9.21. The molecule has 34 heavy (non-hydrogen) atoms. The molecule has 1 fully saturated rings. The predicted molar refractivity (Wildman–Crippen MR) is 144 cm³/mol. The third-order valence-electron chi connectivity index (χ3n) is 6.07. The van der Waals surface area contributed by atoms with Crippen LogP contribution in [-0.4, -0.2) is 24.6 Å². The summed E-state index contributed by atoms with van der Waals surface area (Å²) in [6.07, 6.45) is 31.1. The lowest BCUT2D eigenvalue weighted by atomic mass is 9.98. The van der Waals surface area contributed by atoms with Crippen LogP contribution in [0.2, 0.25) is 0 Å². The van der Waals surface area contributed by atoms with Gasteiger partial charge in [0.1, 0.15) is 6.10 Å². The lowest BCUT2D eigenvalue weighted by Gasteiger charge is -2.20. The smallest absolute Gasteiger partial charge is 0.330 e. The largest absolute Gasteiger partial charge is 0.463 e. The van der Waals surface area contributed by atoms with Gasteiger partial charge < -0.3 is 9.47 Å². The summed E-state index contributed by atoms with van der Waals surface area (Å²) in [6, 6.07) is 0. The molecule has 0 heterocycles. The highest BCUT2D eigenvalue weighted by Gasteiger charge is 2.15. The molecule has 0 N–H and O–H groups in total. The molecule has 196 valence electrons. The Bertz CT molecular complexity index is 532. The van der Waals surface area contributed by atoms with Crippen LogP contribution in [0.5, 0.6) is 0 Å². The number of hydrogen-bond acceptors (Lipinski definition) is 4. The minimum Gasteiger partial charge on any atom is -0.463 e. The summed E-state index contributed by atoms with van der Waals surface area (Å²) in [5, 5.41) is 0. The molecule has 4 nitrogen and oxygen atoms in total. The SMILES string of the molecule is C=CC(=O)OC1CCCCC1.C=CC(=O)OCCCCCCCCC=CCCCCCCCC. The van der Waals surface area contributed by atoms with Gasteiger partial charge in [0.2, 0.25) is 0 Å². The van der Waals surface area contributed by atoms with Crippen molar-refractivity contribution >= 4 is 11.9 Å². The van der Waals surface area contributed by atoms with Crippen molar-refractivity contribution in [2.45, 2.75) is 135 Å². The average molecular weight is 477 g/mol. The van der Waals surface area contributed by atoms with Crippen molar-refractivity contribution in [3.8, 4) is 0 Å². The van der Waals surface area contributed by atoms with Gasteiger partial charge >= 0.3 is 11.9 Å². The van der Waals surface area contributed by atoms with Crippen LogP contribution >= 0.6 is 0 Å². The summed E-state index contributed by atoms with van der Waals surface area (Å²) >= 11 is 0. The Hall–Kier alpha value is -1.84. The molecule has 0 bridgehead atoms. The maximum Gasteiger partial charge on any atom is 0.330 e. The van der Waals surface area contributed by atoms with Gasteiger partial charge in [0.25, 0.3) is 0 Å². The van der Waals surface area contributed by atoms with E-state index in [2.05, 4.69) is 32.2 Å². The monoisotopic (exact) mass is 476 g/mol. The lowest BCUT2D eigenvalue weighted by Crippen LogP contribution is -2.19. The molecule has 0 radical (unpaired) electrons. The van der Waals surface area contributed by atoms with Gasteiger partial charge in [-0.25, -0.2) is 9.59 Å². The highest BCUT2D eigenvalue weighted by molar-refractivity contribution is 5.81. The summed E-state index contributed by atoms with van der Waals surface area (Å²) in [4.78, 5) is 21.6. The van der Waals surface area contributed by atoms with Crippen molar-refractivity contribution in [3.63, 3.8) is 0 Å². The minimum atomic E-state index is -0.308. The topological polar surface area (TPSA) is 52.6 Å². The first kappa shape index (κ1) is 32.2. The van der Waals surface area contributed by atoms with E-state index in [0.29, 0.717) is 6.61 Å². The van der Waals surface area contributed by atoms with Crippen molar-refractivity contribution in [1.82, 2.24) is 0 Å². The number of ether oxygens (including phenoxy) is 2. The lowest BCUT2D eigenvalue weighted by molar-refractivity contribution is -0.144. The third-order valence-corrected chi connectivity index (χ3v) is 6.07. The van der Waals surface area contributed by atoms with E-state index in [1.165, 1.54) is 108 Å². The van der Waals surface area contributed by atoms with E-state index in [1.54, 1.807) is 0 Å². The van der Waals surface area contributed by atoms with Crippen molar-refractivity contribution in [2.24, 2.45) is 0 Å². The molecule has 0 saturated heterocycles. The number of allylic oxidation sites excluding steroid dienone is 2. The van der Waals surface area contributed by atoms with Gasteiger partial charge in [-0.05, 0) is 57.8 Å². The van der Waals surface area contributed by atoms with Gasteiger partial charge in [0.05, 0.1) is 6.61 Å². The molecule has 0 aliphatic heterocycles. The fraction of sp³-hybridized carbons (Fsp3) is 0.733. The highest BCUT2D eigenvalue weighted by Crippen LogP contribution is 2.20. The molecule has 1 rings (SSSR count). The van der Waals surface area contributed by atoms with Gasteiger partial charge in [-0.3, -0.25) is 0 Å². The molecule has 1 aliphatic carbocycles. The molecule has 1 saturated carbocycles. The molecular formula is C30H52O4. The van der Waals surface area contributed by atoms with E-state index in [-0.39, 0.29) is 18.0 Å². The molecule has 0 spiro atoms. The van der Waals surface area contributed by atoms with E-state index in [4.69, 9.17) is 9.47 Å². The summed E-state index contributed by atoms with van der Waals surface area (Å²) in [7, 11) is 0. The first-order valence-corrected chi connectivity index (χ1v) is 13.9. The molecule has 0 unspecified atom stereocenters. The van der Waals surface area contributed by atoms with Gasteiger partial charge in [-0.15, -0.1) is 0 Å². The van der Waals surface area contributed by atoms with Crippen LogP contribution in [0.25, 0.3) is 0 Å². The number of hydrogen-bond donors (Lipinski definition) is 0. The number of rotatable bonds is 19. The van der Waals surface area contributed by atoms with Crippen molar-refractivity contribution in [2.75, 3.05) is 6.61 Å². The van der Waals surface area contributed by atoms with Crippen molar-refractivity contribution in [1.29, 1.82) is 0 Å². The summed E-state index contributed by atoms with van der Waals surface area (Å²) < 4.78 is 10.0. The van der Waals surface area contributed by atoms with Crippen LogP contribution in [0, 0.1) is 0 Å². The van der Waals surface area contributed by atoms with Gasteiger partial charge in [-0.1, -0.05) is 96.4 Å². The first-order chi connectivity index (χ1) is 16.6. The normalized spacial score (nSPS) is 13.7. The Morgan fingerprint density at radius 2 is 1.21 bits per heavy atom. The molecule has 4 heteroatoms. The molecular weight excluding hydrogens is 424 g/mol. The Kier molecular flexibility index (Phi) is 24.4. The standard InChI is InChI=1S/C21H38O2.C9H14O2/c1-3-5-6-7-8-9-10-11-12-13-14-15-16-17-18-19-20-23-21(22)4-2;1-2-9(10)11-8-6-4-3-5-7-8/h4,11-12H,2-3,5-10,13-20H2,1H3;2,8H,1,3-7H2. The summed E-state index contributed by atoms with van der Waals surface area (Å²) in [5.41, 5.74) is 0. The quantitative estimate of drug-likeness (QED) is 0.0808. The van der Waals surface area contributed by atoms with Gasteiger partial charge in [0, 0.05) is 12.2 Å². The molecule has 0 atom stereocenters. The number of esters is 2. The second kappa shape index (κ2) is 25.8. The van der Waals surface area contributed by atoms with E-state index in [0.717, 1.165) is 25.7 Å². The van der Waals surface area contributed by atoms with Crippen molar-refractivity contribution in [3.05, 3.63) is 37.5 Å². The summed E-state index contributed by atoms with van der Waals surface area (Å²) in [5.74, 6) is -0.588. The molecule has 0 aromatic rings. The van der Waals surface area contributed by atoms with E-state index in [1.807, 2.05) is 0 Å².